The van der Waals surface area contributed by atoms with Gasteiger partial charge in [0.25, 0.3) is 5.91 Å². The van der Waals surface area contributed by atoms with E-state index in [1.54, 1.807) is 6.07 Å². The first-order valence-electron chi connectivity index (χ1n) is 7.12. The van der Waals surface area contributed by atoms with Crippen molar-refractivity contribution in [1.29, 1.82) is 0 Å². The summed E-state index contributed by atoms with van der Waals surface area (Å²) in [4.78, 5) is 18.7. The molecule has 0 saturated heterocycles. The third-order valence-electron chi connectivity index (χ3n) is 2.87. The highest BCUT2D eigenvalue weighted by molar-refractivity contribution is 5.92. The highest BCUT2D eigenvalue weighted by Gasteiger charge is 2.19. The van der Waals surface area contributed by atoms with E-state index < -0.39 is 0 Å². The zero-order valence-corrected chi connectivity index (χ0v) is 12.4. The average molecular weight is 263 g/mol. The van der Waals surface area contributed by atoms with Gasteiger partial charge in [0.05, 0.1) is 0 Å². The van der Waals surface area contributed by atoms with Crippen molar-refractivity contribution in [1.82, 2.24) is 9.88 Å². The van der Waals surface area contributed by atoms with Crippen LogP contribution in [0.15, 0.2) is 18.2 Å². The first-order valence-corrected chi connectivity index (χ1v) is 7.12. The van der Waals surface area contributed by atoms with E-state index in [0.717, 1.165) is 31.7 Å². The van der Waals surface area contributed by atoms with Crippen LogP contribution in [0, 0.1) is 0 Å². The fraction of sp³-hybridized carbons (Fsp3) is 0.600. The number of pyridine rings is 1. The summed E-state index contributed by atoms with van der Waals surface area (Å²) in [6, 6.07) is 5.75. The number of rotatable bonds is 7. The zero-order chi connectivity index (χ0) is 14.3. The van der Waals surface area contributed by atoms with Crippen LogP contribution in [0.5, 0.6) is 0 Å². The minimum absolute atomic E-state index is 0.0111. The number of hydrogen-bond donors (Lipinski definition) is 1. The van der Waals surface area contributed by atoms with Crippen LogP contribution in [0.1, 0.15) is 51.0 Å². The Balaban J connectivity index is 2.85. The monoisotopic (exact) mass is 263 g/mol. The van der Waals surface area contributed by atoms with Crippen molar-refractivity contribution in [3.05, 3.63) is 23.9 Å². The summed E-state index contributed by atoms with van der Waals surface area (Å²) in [7, 11) is 0. The van der Waals surface area contributed by atoms with E-state index in [-0.39, 0.29) is 11.9 Å². The van der Waals surface area contributed by atoms with Crippen LogP contribution in [0.25, 0.3) is 0 Å². The fourth-order valence-corrected chi connectivity index (χ4v) is 1.89. The van der Waals surface area contributed by atoms with Crippen LogP contribution in [0.2, 0.25) is 0 Å². The summed E-state index contributed by atoms with van der Waals surface area (Å²) in [5.41, 5.74) is 0.517. The van der Waals surface area contributed by atoms with Gasteiger partial charge in [0.15, 0.2) is 0 Å². The summed E-state index contributed by atoms with van der Waals surface area (Å²) in [6.07, 6.45) is 1.99. The number of anilines is 1. The summed E-state index contributed by atoms with van der Waals surface area (Å²) >= 11 is 0. The van der Waals surface area contributed by atoms with Crippen molar-refractivity contribution < 1.29 is 4.79 Å². The normalized spacial score (nSPS) is 10.6. The summed E-state index contributed by atoms with van der Waals surface area (Å²) < 4.78 is 0. The standard InChI is InChI=1S/C15H25N3O/c1-5-10-16-14-9-7-8-13(17-14)15(19)18(11-6-2)12(3)4/h7-9,12H,5-6,10-11H2,1-4H3,(H,16,17). The number of carbonyl (C=O) groups excluding carboxylic acids is 1. The number of hydrogen-bond acceptors (Lipinski definition) is 3. The van der Waals surface area contributed by atoms with Gasteiger partial charge in [-0.3, -0.25) is 4.79 Å². The van der Waals surface area contributed by atoms with Crippen LogP contribution in [-0.4, -0.2) is 34.9 Å². The maximum atomic E-state index is 12.4. The minimum Gasteiger partial charge on any atom is -0.370 e. The molecule has 19 heavy (non-hydrogen) atoms. The quantitative estimate of drug-likeness (QED) is 0.822. The molecular formula is C15H25N3O. The first-order chi connectivity index (χ1) is 9.10. The number of nitrogens with zero attached hydrogens (tertiary/aromatic N) is 2. The molecule has 0 aliphatic heterocycles. The van der Waals surface area contributed by atoms with E-state index in [0.29, 0.717) is 5.69 Å². The Bertz CT molecular complexity index is 404. The molecule has 1 aromatic heterocycles. The molecular weight excluding hydrogens is 238 g/mol. The van der Waals surface area contributed by atoms with Gasteiger partial charge in [0.2, 0.25) is 0 Å². The minimum atomic E-state index is 0.0111. The predicted octanol–water partition coefficient (Wildman–Crippen LogP) is 3.16. The van der Waals surface area contributed by atoms with Gasteiger partial charge in [-0.1, -0.05) is 19.9 Å². The summed E-state index contributed by atoms with van der Waals surface area (Å²) in [5.74, 6) is 0.782. The molecule has 0 aromatic carbocycles. The van der Waals surface area contributed by atoms with Crippen molar-refractivity contribution in [3.8, 4) is 0 Å². The molecule has 1 aromatic rings. The lowest BCUT2D eigenvalue weighted by atomic mass is 10.2. The molecule has 0 saturated carbocycles. The van der Waals surface area contributed by atoms with Crippen LogP contribution in [-0.2, 0) is 0 Å². The maximum Gasteiger partial charge on any atom is 0.272 e. The molecule has 106 valence electrons. The van der Waals surface area contributed by atoms with Gasteiger partial charge in [-0.05, 0) is 38.8 Å². The highest BCUT2D eigenvalue weighted by Crippen LogP contribution is 2.10. The van der Waals surface area contributed by atoms with Crippen molar-refractivity contribution in [2.75, 3.05) is 18.4 Å². The van der Waals surface area contributed by atoms with Crippen LogP contribution < -0.4 is 5.32 Å². The molecule has 0 fully saturated rings. The Morgan fingerprint density at radius 2 is 2.05 bits per heavy atom. The largest absolute Gasteiger partial charge is 0.370 e. The topological polar surface area (TPSA) is 45.2 Å². The van der Waals surface area contributed by atoms with E-state index >= 15 is 0 Å². The molecule has 0 atom stereocenters. The van der Waals surface area contributed by atoms with Gasteiger partial charge in [0.1, 0.15) is 11.5 Å². The Hall–Kier alpha value is -1.58. The van der Waals surface area contributed by atoms with E-state index in [1.807, 2.05) is 30.9 Å². The van der Waals surface area contributed by atoms with E-state index in [2.05, 4.69) is 24.1 Å². The van der Waals surface area contributed by atoms with Crippen LogP contribution in [0.4, 0.5) is 5.82 Å². The van der Waals surface area contributed by atoms with Crippen LogP contribution in [0.3, 0.4) is 0 Å². The molecule has 1 N–H and O–H groups in total. The molecule has 1 rings (SSSR count). The second-order valence-corrected chi connectivity index (χ2v) is 4.93. The van der Waals surface area contributed by atoms with Gasteiger partial charge >= 0.3 is 0 Å². The van der Waals surface area contributed by atoms with Crippen molar-refractivity contribution in [2.24, 2.45) is 0 Å². The van der Waals surface area contributed by atoms with Crippen molar-refractivity contribution in [3.63, 3.8) is 0 Å². The second kappa shape index (κ2) is 7.77. The Morgan fingerprint density at radius 1 is 1.32 bits per heavy atom. The molecule has 0 spiro atoms. The Labute approximate surface area is 116 Å². The van der Waals surface area contributed by atoms with Crippen LogP contribution >= 0.6 is 0 Å². The third-order valence-corrected chi connectivity index (χ3v) is 2.87. The molecule has 0 aliphatic carbocycles. The van der Waals surface area contributed by atoms with Gasteiger partial charge in [-0.2, -0.15) is 0 Å². The third kappa shape index (κ3) is 4.54. The molecule has 0 aliphatic rings. The van der Waals surface area contributed by atoms with E-state index in [9.17, 15) is 4.79 Å². The second-order valence-electron chi connectivity index (χ2n) is 4.93. The number of carbonyl (C=O) groups is 1. The lowest BCUT2D eigenvalue weighted by molar-refractivity contribution is 0.0700. The number of amides is 1. The van der Waals surface area contributed by atoms with Crippen molar-refractivity contribution in [2.45, 2.75) is 46.6 Å². The van der Waals surface area contributed by atoms with E-state index in [1.165, 1.54) is 0 Å². The fourth-order valence-electron chi connectivity index (χ4n) is 1.89. The van der Waals surface area contributed by atoms with Gasteiger partial charge in [0, 0.05) is 19.1 Å². The maximum absolute atomic E-state index is 12.4. The predicted molar refractivity (Wildman–Crippen MR) is 79.5 cm³/mol. The molecule has 0 bridgehead atoms. The number of nitrogens with one attached hydrogen (secondary N) is 1. The Morgan fingerprint density at radius 3 is 2.63 bits per heavy atom. The lowest BCUT2D eigenvalue weighted by Gasteiger charge is -2.26. The average Bonchev–Trinajstić information content (AvgIpc) is 2.41. The van der Waals surface area contributed by atoms with E-state index in [4.69, 9.17) is 0 Å². The summed E-state index contributed by atoms with van der Waals surface area (Å²) in [6.45, 7) is 9.89. The smallest absolute Gasteiger partial charge is 0.272 e. The molecule has 0 unspecified atom stereocenters. The van der Waals surface area contributed by atoms with Gasteiger partial charge in [-0.25, -0.2) is 4.98 Å². The Kier molecular flexibility index (Phi) is 6.33. The molecule has 1 amide bonds. The molecule has 4 nitrogen and oxygen atoms in total. The highest BCUT2D eigenvalue weighted by atomic mass is 16.2. The summed E-state index contributed by atoms with van der Waals surface area (Å²) in [5, 5.41) is 3.21. The SMILES string of the molecule is CCCNc1cccc(C(=O)N(CCC)C(C)C)n1. The molecule has 0 radical (unpaired) electrons. The lowest BCUT2D eigenvalue weighted by Crippen LogP contribution is -2.38. The van der Waals surface area contributed by atoms with Crippen molar-refractivity contribution >= 4 is 11.7 Å². The molecule has 4 heteroatoms. The number of aromatic nitrogens is 1. The van der Waals surface area contributed by atoms with Gasteiger partial charge < -0.3 is 10.2 Å². The zero-order valence-electron chi connectivity index (χ0n) is 12.4. The molecule has 1 heterocycles. The van der Waals surface area contributed by atoms with Gasteiger partial charge in [-0.15, -0.1) is 0 Å². The first kappa shape index (κ1) is 15.5.